The first-order chi connectivity index (χ1) is 14.1. The summed E-state index contributed by atoms with van der Waals surface area (Å²) in [4.78, 5) is 31.5. The van der Waals surface area contributed by atoms with Crippen molar-refractivity contribution >= 4 is 22.5 Å². The molecule has 4 aromatic rings. The molecule has 2 aromatic carbocycles. The van der Waals surface area contributed by atoms with Gasteiger partial charge in [0.25, 0.3) is 5.56 Å². The van der Waals surface area contributed by atoms with E-state index in [2.05, 4.69) is 25.5 Å². The van der Waals surface area contributed by atoms with Gasteiger partial charge in [-0.1, -0.05) is 12.1 Å². The van der Waals surface area contributed by atoms with E-state index in [1.165, 1.54) is 0 Å². The Morgan fingerprint density at radius 3 is 2.69 bits per heavy atom. The molecule has 0 atom stereocenters. The highest BCUT2D eigenvalue weighted by atomic mass is 16.5. The van der Waals surface area contributed by atoms with E-state index in [0.29, 0.717) is 40.5 Å². The lowest BCUT2D eigenvalue weighted by atomic mass is 10.2. The van der Waals surface area contributed by atoms with Gasteiger partial charge in [0.2, 0.25) is 11.8 Å². The summed E-state index contributed by atoms with van der Waals surface area (Å²) in [5.74, 6) is 1.42. The predicted octanol–water partition coefficient (Wildman–Crippen LogP) is 3.32. The van der Waals surface area contributed by atoms with Crippen molar-refractivity contribution in [3.63, 3.8) is 0 Å². The van der Waals surface area contributed by atoms with Crippen molar-refractivity contribution in [3.05, 3.63) is 76.5 Å². The minimum absolute atomic E-state index is 0.169. The highest BCUT2D eigenvalue weighted by Crippen LogP contribution is 2.22. The van der Waals surface area contributed by atoms with E-state index in [1.54, 1.807) is 48.5 Å². The van der Waals surface area contributed by atoms with Crippen molar-refractivity contribution in [2.75, 3.05) is 5.32 Å². The molecule has 1 amide bonds. The van der Waals surface area contributed by atoms with Gasteiger partial charge >= 0.3 is 0 Å². The van der Waals surface area contributed by atoms with Gasteiger partial charge in [-0.25, -0.2) is 4.98 Å². The molecule has 2 aromatic heterocycles. The maximum Gasteiger partial charge on any atom is 0.258 e. The van der Waals surface area contributed by atoms with Gasteiger partial charge in [-0.2, -0.15) is 0 Å². The zero-order valence-electron chi connectivity index (χ0n) is 15.7. The highest BCUT2D eigenvalue weighted by Gasteiger charge is 2.08. The number of ether oxygens (including phenoxy) is 1. The monoisotopic (exact) mass is 389 g/mol. The van der Waals surface area contributed by atoms with Gasteiger partial charge in [0, 0.05) is 30.3 Å². The lowest BCUT2D eigenvalue weighted by molar-refractivity contribution is -0.116. The van der Waals surface area contributed by atoms with Crippen LogP contribution in [0.4, 0.5) is 5.69 Å². The van der Waals surface area contributed by atoms with E-state index >= 15 is 0 Å². The Balaban J connectivity index is 1.34. The Bertz CT molecular complexity index is 1210. The number of hydrogen-bond donors (Lipinski definition) is 3. The van der Waals surface area contributed by atoms with E-state index in [-0.39, 0.29) is 17.9 Å². The fourth-order valence-electron chi connectivity index (χ4n) is 2.88. The summed E-state index contributed by atoms with van der Waals surface area (Å²) in [6.07, 6.45) is 0.539. The Kier molecular flexibility index (Phi) is 5.07. The van der Waals surface area contributed by atoms with E-state index in [1.807, 2.05) is 13.0 Å². The molecular weight excluding hydrogens is 370 g/mol. The minimum Gasteiger partial charge on any atom is -0.438 e. The van der Waals surface area contributed by atoms with Crippen molar-refractivity contribution in [1.82, 2.24) is 20.2 Å². The van der Waals surface area contributed by atoms with E-state index in [9.17, 15) is 9.59 Å². The molecular formula is C21H19N5O3. The lowest BCUT2D eigenvalue weighted by Crippen LogP contribution is -2.16. The molecule has 8 heteroatoms. The molecule has 0 unspecified atom stereocenters. The van der Waals surface area contributed by atoms with Gasteiger partial charge in [0.15, 0.2) is 0 Å². The van der Waals surface area contributed by atoms with Gasteiger partial charge < -0.3 is 15.0 Å². The molecule has 0 spiro atoms. The highest BCUT2D eigenvalue weighted by molar-refractivity contribution is 5.90. The third-order valence-corrected chi connectivity index (χ3v) is 4.29. The van der Waals surface area contributed by atoms with Crippen molar-refractivity contribution in [3.8, 4) is 11.6 Å². The number of nitrogens with zero attached hydrogens (tertiary/aromatic N) is 2. The number of nitrogens with one attached hydrogen (secondary N) is 3. The minimum atomic E-state index is -0.200. The zero-order chi connectivity index (χ0) is 20.2. The SMILES string of the molecule is Cc1cc(Oc2ccc(NC(=O)CCc3nc4ccccc4c(=O)[nH]3)cc2)n[nH]1. The molecule has 29 heavy (non-hydrogen) atoms. The summed E-state index contributed by atoms with van der Waals surface area (Å²) in [7, 11) is 0. The van der Waals surface area contributed by atoms with Crippen LogP contribution < -0.4 is 15.6 Å². The standard InChI is InChI=1S/C21H19N5O3/c1-13-12-20(26-25-13)29-15-8-6-14(7-9-15)22-19(27)11-10-18-23-17-5-3-2-4-16(17)21(28)24-18/h2-9,12H,10-11H2,1H3,(H,22,27)(H,25,26)(H,23,24,28). The lowest BCUT2D eigenvalue weighted by Gasteiger charge is -2.07. The van der Waals surface area contributed by atoms with Crippen molar-refractivity contribution in [1.29, 1.82) is 0 Å². The summed E-state index contributed by atoms with van der Waals surface area (Å²) < 4.78 is 5.61. The number of aromatic amines is 2. The summed E-state index contributed by atoms with van der Waals surface area (Å²) in [6.45, 7) is 1.89. The van der Waals surface area contributed by atoms with Crippen LogP contribution in [0.3, 0.4) is 0 Å². The Hall–Kier alpha value is -3.94. The summed E-state index contributed by atoms with van der Waals surface area (Å²) >= 11 is 0. The van der Waals surface area contributed by atoms with Crippen LogP contribution in [0.2, 0.25) is 0 Å². The third-order valence-electron chi connectivity index (χ3n) is 4.29. The number of rotatable bonds is 6. The maximum atomic E-state index is 12.2. The smallest absolute Gasteiger partial charge is 0.258 e. The van der Waals surface area contributed by atoms with E-state index < -0.39 is 0 Å². The number of H-pyrrole nitrogens is 2. The van der Waals surface area contributed by atoms with Gasteiger partial charge in [-0.3, -0.25) is 14.7 Å². The fraction of sp³-hybridized carbons (Fsp3) is 0.143. The average Bonchev–Trinajstić information content (AvgIpc) is 3.13. The van der Waals surface area contributed by atoms with Gasteiger partial charge in [0.1, 0.15) is 11.6 Å². The Morgan fingerprint density at radius 2 is 1.93 bits per heavy atom. The number of aromatic nitrogens is 4. The predicted molar refractivity (Wildman–Crippen MR) is 109 cm³/mol. The summed E-state index contributed by atoms with van der Waals surface area (Å²) in [5, 5.41) is 10.2. The van der Waals surface area contributed by atoms with Crippen LogP contribution in [0, 0.1) is 6.92 Å². The fourth-order valence-corrected chi connectivity index (χ4v) is 2.88. The number of carbonyl (C=O) groups is 1. The second kappa shape index (κ2) is 7.97. The van der Waals surface area contributed by atoms with Crippen LogP contribution in [0.5, 0.6) is 11.6 Å². The topological polar surface area (TPSA) is 113 Å². The first-order valence-electron chi connectivity index (χ1n) is 9.14. The molecule has 0 radical (unpaired) electrons. The summed E-state index contributed by atoms with van der Waals surface area (Å²) in [6, 6.07) is 15.9. The van der Waals surface area contributed by atoms with Crippen molar-refractivity contribution < 1.29 is 9.53 Å². The van der Waals surface area contributed by atoms with Crippen LogP contribution >= 0.6 is 0 Å². The molecule has 0 aliphatic carbocycles. The van der Waals surface area contributed by atoms with Gasteiger partial charge in [-0.15, -0.1) is 5.10 Å². The molecule has 4 rings (SSSR count). The van der Waals surface area contributed by atoms with Crippen LogP contribution in [-0.4, -0.2) is 26.1 Å². The van der Waals surface area contributed by atoms with Gasteiger partial charge in [-0.05, 0) is 43.3 Å². The molecule has 3 N–H and O–H groups in total. The average molecular weight is 389 g/mol. The molecule has 146 valence electrons. The molecule has 0 fully saturated rings. The number of para-hydroxylation sites is 1. The number of carbonyl (C=O) groups excluding carboxylic acids is 1. The number of aryl methyl sites for hydroxylation is 2. The first-order valence-corrected chi connectivity index (χ1v) is 9.14. The van der Waals surface area contributed by atoms with E-state index in [0.717, 1.165) is 5.69 Å². The zero-order valence-corrected chi connectivity index (χ0v) is 15.7. The number of amides is 1. The summed E-state index contributed by atoms with van der Waals surface area (Å²) in [5.41, 5.74) is 1.98. The Labute approximate surface area is 166 Å². The van der Waals surface area contributed by atoms with Crippen LogP contribution in [0.15, 0.2) is 59.4 Å². The second-order valence-corrected chi connectivity index (χ2v) is 6.59. The van der Waals surface area contributed by atoms with Crippen LogP contribution in [-0.2, 0) is 11.2 Å². The molecule has 0 saturated carbocycles. The number of anilines is 1. The number of hydrogen-bond acceptors (Lipinski definition) is 5. The van der Waals surface area contributed by atoms with Crippen molar-refractivity contribution in [2.24, 2.45) is 0 Å². The van der Waals surface area contributed by atoms with Crippen LogP contribution in [0.25, 0.3) is 10.9 Å². The van der Waals surface area contributed by atoms with Crippen LogP contribution in [0.1, 0.15) is 17.9 Å². The number of benzene rings is 2. The molecule has 0 aliphatic heterocycles. The molecule has 0 bridgehead atoms. The van der Waals surface area contributed by atoms with Crippen molar-refractivity contribution in [2.45, 2.75) is 19.8 Å². The maximum absolute atomic E-state index is 12.2. The molecule has 2 heterocycles. The normalized spacial score (nSPS) is 10.8. The molecule has 8 nitrogen and oxygen atoms in total. The largest absolute Gasteiger partial charge is 0.438 e. The van der Waals surface area contributed by atoms with E-state index in [4.69, 9.17) is 4.74 Å². The first kappa shape index (κ1) is 18.4. The third kappa shape index (κ3) is 4.49. The van der Waals surface area contributed by atoms with Gasteiger partial charge in [0.05, 0.1) is 10.9 Å². The second-order valence-electron chi connectivity index (χ2n) is 6.59. The quantitative estimate of drug-likeness (QED) is 0.468. The Morgan fingerprint density at radius 1 is 1.14 bits per heavy atom. The molecule has 0 aliphatic rings. The molecule has 0 saturated heterocycles. The number of fused-ring (bicyclic) bond motifs is 1.